The number of hydrogen-bond donors (Lipinski definition) is 1. The van der Waals surface area contributed by atoms with Gasteiger partial charge in [0.15, 0.2) is 0 Å². The molecule has 1 fully saturated rings. The largest absolute Gasteiger partial charge is 0.375 e. The van der Waals surface area contributed by atoms with Gasteiger partial charge in [0.05, 0.1) is 5.60 Å². The maximum Gasteiger partial charge on any atom is 0.270 e. The highest BCUT2D eigenvalue weighted by atomic mass is 32.2. The number of carbonyl (C=O) groups is 1. The van der Waals surface area contributed by atoms with Crippen molar-refractivity contribution in [1.82, 2.24) is 15.3 Å². The molecule has 1 aromatic rings. The van der Waals surface area contributed by atoms with Crippen LogP contribution in [0.5, 0.6) is 0 Å². The SMILES string of the molecule is Cc1cnc(S(C)(=O)=O)nc1C(=O)NC1CCOC(C)(C)C1. The summed E-state index contributed by atoms with van der Waals surface area (Å²) in [6.45, 7) is 6.20. The van der Waals surface area contributed by atoms with Crippen molar-refractivity contribution in [3.8, 4) is 0 Å². The predicted molar refractivity (Wildman–Crippen MR) is 80.4 cm³/mol. The monoisotopic (exact) mass is 327 g/mol. The lowest BCUT2D eigenvalue weighted by molar-refractivity contribution is -0.0615. The molecule has 0 aliphatic carbocycles. The van der Waals surface area contributed by atoms with Crippen LogP contribution < -0.4 is 5.32 Å². The first kappa shape index (κ1) is 16.8. The Hall–Kier alpha value is -1.54. The molecule has 1 N–H and O–H groups in total. The Labute approximate surface area is 130 Å². The minimum Gasteiger partial charge on any atom is -0.375 e. The number of nitrogens with one attached hydrogen (secondary N) is 1. The van der Waals surface area contributed by atoms with Crippen LogP contribution in [0.15, 0.2) is 11.4 Å². The van der Waals surface area contributed by atoms with E-state index in [-0.39, 0.29) is 28.4 Å². The number of sulfone groups is 1. The third-order valence-corrected chi connectivity index (χ3v) is 4.39. The van der Waals surface area contributed by atoms with Gasteiger partial charge in [-0.2, -0.15) is 0 Å². The standard InChI is InChI=1S/C14H21N3O4S/c1-9-8-15-13(22(4,19)20)17-11(9)12(18)16-10-5-6-21-14(2,3)7-10/h8,10H,5-7H2,1-4H3,(H,16,18). The van der Waals surface area contributed by atoms with Crippen molar-refractivity contribution in [3.63, 3.8) is 0 Å². The van der Waals surface area contributed by atoms with Crippen LogP contribution in [0.1, 0.15) is 42.7 Å². The van der Waals surface area contributed by atoms with Crippen molar-refractivity contribution in [2.75, 3.05) is 12.9 Å². The van der Waals surface area contributed by atoms with Gasteiger partial charge in [-0.15, -0.1) is 0 Å². The predicted octanol–water partition coefficient (Wildman–Crippen LogP) is 0.876. The van der Waals surface area contributed by atoms with Crippen LogP contribution in [0.3, 0.4) is 0 Å². The Morgan fingerprint density at radius 1 is 1.45 bits per heavy atom. The second-order valence-electron chi connectivity index (χ2n) is 6.23. The smallest absolute Gasteiger partial charge is 0.270 e. The highest BCUT2D eigenvalue weighted by Crippen LogP contribution is 2.24. The number of ether oxygens (including phenoxy) is 1. The Balaban J connectivity index is 2.19. The lowest BCUT2D eigenvalue weighted by Gasteiger charge is -2.35. The molecule has 0 saturated carbocycles. The first-order valence-electron chi connectivity index (χ1n) is 7.07. The molecule has 0 spiro atoms. The first-order valence-corrected chi connectivity index (χ1v) is 8.96. The summed E-state index contributed by atoms with van der Waals surface area (Å²) in [5.41, 5.74) is 0.352. The van der Waals surface area contributed by atoms with Crippen molar-refractivity contribution in [3.05, 3.63) is 17.5 Å². The maximum absolute atomic E-state index is 12.4. The molecule has 1 aliphatic heterocycles. The molecule has 0 aromatic carbocycles. The number of nitrogens with zero attached hydrogens (tertiary/aromatic N) is 2. The topological polar surface area (TPSA) is 98.3 Å². The Morgan fingerprint density at radius 3 is 2.73 bits per heavy atom. The molecule has 1 saturated heterocycles. The maximum atomic E-state index is 12.4. The Morgan fingerprint density at radius 2 is 2.14 bits per heavy atom. The number of aryl methyl sites for hydroxylation is 1. The molecule has 22 heavy (non-hydrogen) atoms. The van der Waals surface area contributed by atoms with Gasteiger partial charge in [0, 0.05) is 25.1 Å². The van der Waals surface area contributed by atoms with Crippen molar-refractivity contribution in [2.45, 2.75) is 50.4 Å². The Kier molecular flexibility index (Phi) is 4.53. The number of aromatic nitrogens is 2. The van der Waals surface area contributed by atoms with E-state index in [9.17, 15) is 13.2 Å². The van der Waals surface area contributed by atoms with Gasteiger partial charge in [-0.05, 0) is 39.2 Å². The number of hydrogen-bond acceptors (Lipinski definition) is 6. The van der Waals surface area contributed by atoms with E-state index in [0.717, 1.165) is 12.7 Å². The normalized spacial score (nSPS) is 21.4. The van der Waals surface area contributed by atoms with Gasteiger partial charge in [-0.1, -0.05) is 0 Å². The van der Waals surface area contributed by atoms with Gasteiger partial charge < -0.3 is 10.1 Å². The second kappa shape index (κ2) is 5.92. The number of amides is 1. The molecular weight excluding hydrogens is 306 g/mol. The molecule has 8 heteroatoms. The minimum absolute atomic E-state index is 0.0210. The van der Waals surface area contributed by atoms with E-state index in [1.807, 2.05) is 13.8 Å². The highest BCUT2D eigenvalue weighted by molar-refractivity contribution is 7.90. The summed E-state index contributed by atoms with van der Waals surface area (Å²) in [6.07, 6.45) is 3.78. The van der Waals surface area contributed by atoms with Crippen LogP contribution >= 0.6 is 0 Å². The van der Waals surface area contributed by atoms with Gasteiger partial charge >= 0.3 is 0 Å². The molecule has 1 amide bonds. The number of rotatable bonds is 3. The lowest BCUT2D eigenvalue weighted by atomic mass is 9.94. The average Bonchev–Trinajstić information content (AvgIpc) is 2.36. The van der Waals surface area contributed by atoms with Crippen molar-refractivity contribution >= 4 is 15.7 Å². The fourth-order valence-corrected chi connectivity index (χ4v) is 2.94. The van der Waals surface area contributed by atoms with E-state index in [1.54, 1.807) is 6.92 Å². The van der Waals surface area contributed by atoms with Crippen LogP contribution in [-0.2, 0) is 14.6 Å². The van der Waals surface area contributed by atoms with E-state index in [1.165, 1.54) is 6.20 Å². The quantitative estimate of drug-likeness (QED) is 0.827. The zero-order valence-electron chi connectivity index (χ0n) is 13.2. The summed E-state index contributed by atoms with van der Waals surface area (Å²) < 4.78 is 28.7. The van der Waals surface area contributed by atoms with E-state index in [0.29, 0.717) is 18.6 Å². The molecule has 122 valence electrons. The third kappa shape index (κ3) is 4.01. The summed E-state index contributed by atoms with van der Waals surface area (Å²) in [5, 5.41) is 2.57. The molecule has 2 rings (SSSR count). The van der Waals surface area contributed by atoms with Gasteiger partial charge in [0.2, 0.25) is 15.0 Å². The van der Waals surface area contributed by atoms with E-state index in [4.69, 9.17) is 4.74 Å². The molecule has 1 aliphatic rings. The fourth-order valence-electron chi connectivity index (χ4n) is 2.44. The van der Waals surface area contributed by atoms with E-state index in [2.05, 4.69) is 15.3 Å². The first-order chi connectivity index (χ1) is 10.1. The zero-order chi connectivity index (χ0) is 16.5. The fraction of sp³-hybridized carbons (Fsp3) is 0.643. The van der Waals surface area contributed by atoms with Gasteiger partial charge in [-0.3, -0.25) is 4.79 Å². The summed E-state index contributed by atoms with van der Waals surface area (Å²) in [4.78, 5) is 20.1. The van der Waals surface area contributed by atoms with E-state index < -0.39 is 9.84 Å². The number of carbonyl (C=O) groups excluding carboxylic acids is 1. The second-order valence-corrected chi connectivity index (χ2v) is 8.14. The van der Waals surface area contributed by atoms with Crippen LogP contribution in [0.4, 0.5) is 0 Å². The average molecular weight is 327 g/mol. The molecule has 0 bridgehead atoms. The van der Waals surface area contributed by atoms with Crippen LogP contribution in [0, 0.1) is 6.92 Å². The van der Waals surface area contributed by atoms with Gasteiger partial charge in [-0.25, -0.2) is 18.4 Å². The minimum atomic E-state index is -3.55. The molecule has 1 atom stereocenters. The highest BCUT2D eigenvalue weighted by Gasteiger charge is 2.30. The third-order valence-electron chi connectivity index (χ3n) is 3.53. The summed E-state index contributed by atoms with van der Waals surface area (Å²) in [7, 11) is -3.55. The molecule has 7 nitrogen and oxygen atoms in total. The zero-order valence-corrected chi connectivity index (χ0v) is 14.0. The molecular formula is C14H21N3O4S. The van der Waals surface area contributed by atoms with Crippen LogP contribution in [0.25, 0.3) is 0 Å². The molecule has 1 unspecified atom stereocenters. The summed E-state index contributed by atoms with van der Waals surface area (Å²) >= 11 is 0. The van der Waals surface area contributed by atoms with Gasteiger partial charge in [0.25, 0.3) is 5.91 Å². The lowest BCUT2D eigenvalue weighted by Crippen LogP contribution is -2.46. The van der Waals surface area contributed by atoms with E-state index >= 15 is 0 Å². The molecule has 1 aromatic heterocycles. The Bertz CT molecular complexity index is 685. The molecule has 2 heterocycles. The van der Waals surface area contributed by atoms with Gasteiger partial charge in [0.1, 0.15) is 5.69 Å². The summed E-state index contributed by atoms with van der Waals surface area (Å²) in [5.74, 6) is -0.382. The van der Waals surface area contributed by atoms with Crippen molar-refractivity contribution < 1.29 is 17.9 Å². The van der Waals surface area contributed by atoms with Crippen LogP contribution in [0.2, 0.25) is 0 Å². The van der Waals surface area contributed by atoms with Crippen LogP contribution in [-0.4, -0.2) is 48.8 Å². The molecule has 0 radical (unpaired) electrons. The summed E-state index contributed by atoms with van der Waals surface area (Å²) in [6, 6.07) is -0.0210. The van der Waals surface area contributed by atoms with Crippen molar-refractivity contribution in [2.24, 2.45) is 0 Å². The van der Waals surface area contributed by atoms with Crippen molar-refractivity contribution in [1.29, 1.82) is 0 Å².